The van der Waals surface area contributed by atoms with Gasteiger partial charge in [0.2, 0.25) is 5.89 Å². The SMILES string of the molecule is Cc1noc(CN2CCC[C@H]2c2cccs2)n1. The average Bonchev–Trinajstić information content (AvgIpc) is 3.00. The molecule has 1 fully saturated rings. The van der Waals surface area contributed by atoms with Crippen LogP contribution in [-0.4, -0.2) is 21.6 Å². The molecule has 5 heteroatoms. The summed E-state index contributed by atoms with van der Waals surface area (Å²) in [4.78, 5) is 8.15. The molecule has 4 nitrogen and oxygen atoms in total. The van der Waals surface area contributed by atoms with E-state index in [2.05, 4.69) is 32.6 Å². The van der Waals surface area contributed by atoms with Crippen molar-refractivity contribution in [1.82, 2.24) is 15.0 Å². The normalized spacial score (nSPS) is 21.1. The molecular weight excluding hydrogens is 234 g/mol. The Morgan fingerprint density at radius 3 is 3.24 bits per heavy atom. The minimum absolute atomic E-state index is 0.530. The Balaban J connectivity index is 1.74. The Morgan fingerprint density at radius 1 is 1.59 bits per heavy atom. The molecule has 1 atom stereocenters. The van der Waals surface area contributed by atoms with Crippen LogP contribution >= 0.6 is 11.3 Å². The van der Waals surface area contributed by atoms with Crippen LogP contribution in [0, 0.1) is 6.92 Å². The standard InChI is InChI=1S/C12H15N3OS/c1-9-13-12(16-14-9)8-15-6-2-4-10(15)11-5-3-7-17-11/h3,5,7,10H,2,4,6,8H2,1H3/t10-/m0/s1. The molecule has 0 spiro atoms. The molecule has 0 aromatic carbocycles. The Kier molecular flexibility index (Phi) is 2.94. The van der Waals surface area contributed by atoms with Gasteiger partial charge in [-0.2, -0.15) is 4.98 Å². The fourth-order valence-electron chi connectivity index (χ4n) is 2.40. The molecule has 1 aliphatic rings. The van der Waals surface area contributed by atoms with Crippen LogP contribution in [0.4, 0.5) is 0 Å². The minimum atomic E-state index is 0.530. The lowest BCUT2D eigenvalue weighted by molar-refractivity contribution is 0.214. The molecular formula is C12H15N3OS. The smallest absolute Gasteiger partial charge is 0.240 e. The largest absolute Gasteiger partial charge is 0.338 e. The van der Waals surface area contributed by atoms with E-state index in [1.165, 1.54) is 17.7 Å². The molecule has 0 radical (unpaired) electrons. The summed E-state index contributed by atoms with van der Waals surface area (Å²) in [5.74, 6) is 1.44. The summed E-state index contributed by atoms with van der Waals surface area (Å²) >= 11 is 1.83. The zero-order valence-electron chi connectivity index (χ0n) is 9.80. The molecule has 0 bridgehead atoms. The summed E-state index contributed by atoms with van der Waals surface area (Å²) in [6.45, 7) is 3.74. The van der Waals surface area contributed by atoms with Gasteiger partial charge in [0.15, 0.2) is 5.82 Å². The van der Waals surface area contributed by atoms with Crippen LogP contribution in [0.3, 0.4) is 0 Å². The Hall–Kier alpha value is -1.20. The zero-order chi connectivity index (χ0) is 11.7. The Bertz CT molecular complexity index is 480. The topological polar surface area (TPSA) is 42.2 Å². The second kappa shape index (κ2) is 4.58. The van der Waals surface area contributed by atoms with Gasteiger partial charge in [0, 0.05) is 10.9 Å². The first-order valence-electron chi connectivity index (χ1n) is 5.89. The highest BCUT2D eigenvalue weighted by Gasteiger charge is 2.27. The van der Waals surface area contributed by atoms with Crippen LogP contribution in [0.2, 0.25) is 0 Å². The number of aromatic nitrogens is 2. The number of rotatable bonds is 3. The molecule has 2 aromatic rings. The van der Waals surface area contributed by atoms with Crippen molar-refractivity contribution in [3.8, 4) is 0 Å². The molecule has 0 saturated carbocycles. The second-order valence-electron chi connectivity index (χ2n) is 4.38. The van der Waals surface area contributed by atoms with Crippen molar-refractivity contribution in [1.29, 1.82) is 0 Å². The third-order valence-corrected chi connectivity index (χ3v) is 4.12. The predicted molar refractivity (Wildman–Crippen MR) is 65.7 cm³/mol. The molecule has 3 heterocycles. The first-order chi connectivity index (χ1) is 8.33. The van der Waals surface area contributed by atoms with Crippen LogP contribution in [0.25, 0.3) is 0 Å². The lowest BCUT2D eigenvalue weighted by Crippen LogP contribution is -2.22. The molecule has 90 valence electrons. The summed E-state index contributed by atoms with van der Waals surface area (Å²) in [5, 5.41) is 5.98. The highest BCUT2D eigenvalue weighted by molar-refractivity contribution is 7.10. The summed E-state index contributed by atoms with van der Waals surface area (Å²) in [6.07, 6.45) is 2.48. The third-order valence-electron chi connectivity index (χ3n) is 3.14. The van der Waals surface area contributed by atoms with E-state index in [0.717, 1.165) is 19.0 Å². The van der Waals surface area contributed by atoms with Crippen molar-refractivity contribution < 1.29 is 4.52 Å². The van der Waals surface area contributed by atoms with Crippen molar-refractivity contribution >= 4 is 11.3 Å². The van der Waals surface area contributed by atoms with E-state index < -0.39 is 0 Å². The van der Waals surface area contributed by atoms with E-state index in [-0.39, 0.29) is 0 Å². The maximum Gasteiger partial charge on any atom is 0.240 e. The van der Waals surface area contributed by atoms with Crippen LogP contribution in [0.15, 0.2) is 22.0 Å². The van der Waals surface area contributed by atoms with Gasteiger partial charge in [0.25, 0.3) is 0 Å². The van der Waals surface area contributed by atoms with Gasteiger partial charge in [-0.15, -0.1) is 11.3 Å². The van der Waals surface area contributed by atoms with Crippen LogP contribution in [-0.2, 0) is 6.54 Å². The fourth-order valence-corrected chi connectivity index (χ4v) is 3.29. The zero-order valence-corrected chi connectivity index (χ0v) is 10.6. The molecule has 1 aliphatic heterocycles. The quantitative estimate of drug-likeness (QED) is 0.839. The van der Waals surface area contributed by atoms with Gasteiger partial charge in [-0.1, -0.05) is 11.2 Å². The molecule has 2 aromatic heterocycles. The van der Waals surface area contributed by atoms with Gasteiger partial charge in [-0.25, -0.2) is 0 Å². The van der Waals surface area contributed by atoms with Gasteiger partial charge in [0.05, 0.1) is 6.54 Å². The first kappa shape index (κ1) is 10.9. The summed E-state index contributed by atoms with van der Waals surface area (Å²) < 4.78 is 5.19. The second-order valence-corrected chi connectivity index (χ2v) is 5.36. The summed E-state index contributed by atoms with van der Waals surface area (Å²) in [5.41, 5.74) is 0. The van der Waals surface area contributed by atoms with E-state index in [1.807, 2.05) is 18.3 Å². The molecule has 3 rings (SSSR count). The van der Waals surface area contributed by atoms with Gasteiger partial charge in [-0.05, 0) is 37.8 Å². The first-order valence-corrected chi connectivity index (χ1v) is 6.77. The van der Waals surface area contributed by atoms with Crippen molar-refractivity contribution in [2.75, 3.05) is 6.54 Å². The van der Waals surface area contributed by atoms with Crippen molar-refractivity contribution in [2.45, 2.75) is 32.4 Å². The molecule has 1 saturated heterocycles. The van der Waals surface area contributed by atoms with Gasteiger partial charge >= 0.3 is 0 Å². The third kappa shape index (κ3) is 2.25. The molecule has 0 aliphatic carbocycles. The monoisotopic (exact) mass is 249 g/mol. The number of hydrogen-bond donors (Lipinski definition) is 0. The average molecular weight is 249 g/mol. The van der Waals surface area contributed by atoms with Gasteiger partial charge < -0.3 is 4.52 Å². The van der Waals surface area contributed by atoms with Crippen molar-refractivity contribution in [2.24, 2.45) is 0 Å². The van der Waals surface area contributed by atoms with E-state index in [1.54, 1.807) is 0 Å². The van der Waals surface area contributed by atoms with Crippen LogP contribution < -0.4 is 0 Å². The van der Waals surface area contributed by atoms with E-state index in [9.17, 15) is 0 Å². The molecule has 17 heavy (non-hydrogen) atoms. The lowest BCUT2D eigenvalue weighted by atomic mass is 10.2. The maximum atomic E-state index is 5.19. The number of nitrogens with zero attached hydrogens (tertiary/aromatic N) is 3. The maximum absolute atomic E-state index is 5.19. The van der Waals surface area contributed by atoms with Crippen molar-refractivity contribution in [3.63, 3.8) is 0 Å². The highest BCUT2D eigenvalue weighted by Crippen LogP contribution is 2.35. The highest BCUT2D eigenvalue weighted by atomic mass is 32.1. The van der Waals surface area contributed by atoms with E-state index in [4.69, 9.17) is 4.52 Å². The molecule has 0 amide bonds. The Labute approximate surface area is 104 Å². The van der Waals surface area contributed by atoms with E-state index >= 15 is 0 Å². The van der Waals surface area contributed by atoms with Crippen LogP contribution in [0.1, 0.15) is 35.5 Å². The summed E-state index contributed by atoms with van der Waals surface area (Å²) in [6, 6.07) is 4.86. The lowest BCUT2D eigenvalue weighted by Gasteiger charge is -2.21. The summed E-state index contributed by atoms with van der Waals surface area (Å²) in [7, 11) is 0. The molecule has 0 unspecified atom stereocenters. The number of likely N-dealkylation sites (tertiary alicyclic amines) is 1. The van der Waals surface area contributed by atoms with Crippen molar-refractivity contribution in [3.05, 3.63) is 34.1 Å². The number of thiophene rings is 1. The van der Waals surface area contributed by atoms with Crippen LogP contribution in [0.5, 0.6) is 0 Å². The Morgan fingerprint density at radius 2 is 2.53 bits per heavy atom. The number of aryl methyl sites for hydroxylation is 1. The molecule has 0 N–H and O–H groups in total. The minimum Gasteiger partial charge on any atom is -0.338 e. The predicted octanol–water partition coefficient (Wildman–Crippen LogP) is 2.78. The van der Waals surface area contributed by atoms with Gasteiger partial charge in [-0.3, -0.25) is 4.90 Å². The van der Waals surface area contributed by atoms with Gasteiger partial charge in [0.1, 0.15) is 0 Å². The number of hydrogen-bond acceptors (Lipinski definition) is 5. The van der Waals surface area contributed by atoms with E-state index in [0.29, 0.717) is 11.9 Å². The fraction of sp³-hybridized carbons (Fsp3) is 0.500.